The van der Waals surface area contributed by atoms with Crippen molar-refractivity contribution in [2.45, 2.75) is 18.1 Å². The van der Waals surface area contributed by atoms with E-state index in [1.807, 2.05) is 23.2 Å². The second-order valence-electron chi connectivity index (χ2n) is 3.66. The smallest absolute Gasteiger partial charge is 0.265 e. The van der Waals surface area contributed by atoms with Gasteiger partial charge in [-0.1, -0.05) is 0 Å². The molecule has 0 aliphatic carbocycles. The van der Waals surface area contributed by atoms with E-state index < -0.39 is 0 Å². The molecule has 1 atom stereocenters. The Labute approximate surface area is 104 Å². The highest BCUT2D eigenvalue weighted by Gasteiger charge is 2.18. The molecule has 1 aromatic heterocycles. The Hall–Kier alpha value is -0.680. The molecule has 0 saturated carbocycles. The molecule has 5 heteroatoms. The van der Waals surface area contributed by atoms with Gasteiger partial charge in [-0.05, 0) is 30.0 Å². The topological polar surface area (TPSA) is 38.3 Å². The Morgan fingerprint density at radius 2 is 2.56 bits per heavy atom. The molecule has 0 spiro atoms. The van der Waals surface area contributed by atoms with E-state index in [4.69, 9.17) is 4.74 Å². The second kappa shape index (κ2) is 5.59. The Bertz CT molecular complexity index is 359. The third kappa shape index (κ3) is 2.71. The fourth-order valence-electron chi connectivity index (χ4n) is 1.72. The molecule has 0 bridgehead atoms. The molecule has 1 fully saturated rings. The van der Waals surface area contributed by atoms with Crippen molar-refractivity contribution < 1.29 is 9.53 Å². The van der Waals surface area contributed by atoms with Gasteiger partial charge in [-0.2, -0.15) is 11.8 Å². The summed E-state index contributed by atoms with van der Waals surface area (Å²) in [6, 6.07) is 1.82. The number of hydrogen-bond donors (Lipinski definition) is 1. The highest BCUT2D eigenvalue weighted by Crippen LogP contribution is 2.26. The van der Waals surface area contributed by atoms with Crippen LogP contribution in [0.2, 0.25) is 0 Å². The minimum Gasteiger partial charge on any atom is -0.495 e. The largest absolute Gasteiger partial charge is 0.495 e. The summed E-state index contributed by atoms with van der Waals surface area (Å²) in [6.45, 7) is 0.768. The molecule has 1 aliphatic heterocycles. The SMILES string of the molecule is COc1ccsc1C(=O)NC[C@H]1CCCS1. The van der Waals surface area contributed by atoms with Gasteiger partial charge in [0.2, 0.25) is 0 Å². The van der Waals surface area contributed by atoms with Crippen molar-refractivity contribution in [3.63, 3.8) is 0 Å². The summed E-state index contributed by atoms with van der Waals surface area (Å²) >= 11 is 3.37. The Morgan fingerprint density at radius 3 is 3.25 bits per heavy atom. The lowest BCUT2D eigenvalue weighted by molar-refractivity contribution is 0.0955. The molecule has 16 heavy (non-hydrogen) atoms. The van der Waals surface area contributed by atoms with E-state index in [1.54, 1.807) is 7.11 Å². The van der Waals surface area contributed by atoms with Crippen molar-refractivity contribution in [1.29, 1.82) is 0 Å². The monoisotopic (exact) mass is 257 g/mol. The molecular weight excluding hydrogens is 242 g/mol. The summed E-state index contributed by atoms with van der Waals surface area (Å²) in [6.07, 6.45) is 2.49. The molecule has 0 aromatic carbocycles. The predicted molar refractivity (Wildman–Crippen MR) is 68.7 cm³/mol. The number of amides is 1. The normalized spacial score (nSPS) is 19.7. The zero-order chi connectivity index (χ0) is 11.4. The molecule has 1 aromatic rings. The van der Waals surface area contributed by atoms with Crippen LogP contribution in [0.25, 0.3) is 0 Å². The van der Waals surface area contributed by atoms with Gasteiger partial charge in [0.15, 0.2) is 0 Å². The third-order valence-corrected chi connectivity index (χ3v) is 4.86. The van der Waals surface area contributed by atoms with Gasteiger partial charge in [-0.25, -0.2) is 0 Å². The summed E-state index contributed by atoms with van der Waals surface area (Å²) in [4.78, 5) is 12.5. The average molecular weight is 257 g/mol. The summed E-state index contributed by atoms with van der Waals surface area (Å²) in [5, 5.41) is 5.44. The fraction of sp³-hybridized carbons (Fsp3) is 0.545. The summed E-state index contributed by atoms with van der Waals surface area (Å²) in [7, 11) is 1.59. The fourth-order valence-corrected chi connectivity index (χ4v) is 3.69. The van der Waals surface area contributed by atoms with Crippen molar-refractivity contribution >= 4 is 29.0 Å². The number of methoxy groups -OCH3 is 1. The van der Waals surface area contributed by atoms with Gasteiger partial charge >= 0.3 is 0 Å². The van der Waals surface area contributed by atoms with Crippen molar-refractivity contribution in [2.75, 3.05) is 19.4 Å². The van der Waals surface area contributed by atoms with E-state index in [2.05, 4.69) is 5.32 Å². The molecule has 0 unspecified atom stereocenters. The third-order valence-electron chi connectivity index (χ3n) is 2.57. The molecular formula is C11H15NO2S2. The maximum Gasteiger partial charge on any atom is 0.265 e. The van der Waals surface area contributed by atoms with Gasteiger partial charge in [0.25, 0.3) is 5.91 Å². The second-order valence-corrected chi connectivity index (χ2v) is 5.99. The molecule has 0 radical (unpaired) electrons. The first-order valence-corrected chi connectivity index (χ1v) is 7.25. The minimum absolute atomic E-state index is 0.0145. The molecule has 1 aliphatic rings. The Morgan fingerprint density at radius 1 is 1.69 bits per heavy atom. The number of hydrogen-bond acceptors (Lipinski definition) is 4. The van der Waals surface area contributed by atoms with Gasteiger partial charge < -0.3 is 10.1 Å². The molecule has 1 N–H and O–H groups in total. The van der Waals surface area contributed by atoms with E-state index in [0.717, 1.165) is 6.54 Å². The lowest BCUT2D eigenvalue weighted by Crippen LogP contribution is -2.29. The molecule has 1 saturated heterocycles. The van der Waals surface area contributed by atoms with Gasteiger partial charge in [0.1, 0.15) is 10.6 Å². The van der Waals surface area contributed by atoms with Gasteiger partial charge in [-0.3, -0.25) is 4.79 Å². The Kier molecular flexibility index (Phi) is 4.12. The van der Waals surface area contributed by atoms with Crippen LogP contribution in [0, 0.1) is 0 Å². The number of carbonyl (C=O) groups excluding carboxylic acids is 1. The minimum atomic E-state index is -0.0145. The standard InChI is InChI=1S/C11H15NO2S2/c1-14-9-4-6-16-10(9)11(13)12-7-8-3-2-5-15-8/h4,6,8H,2-3,5,7H2,1H3,(H,12,13)/t8-/m1/s1. The highest BCUT2D eigenvalue weighted by molar-refractivity contribution is 8.00. The van der Waals surface area contributed by atoms with Crippen molar-refractivity contribution in [2.24, 2.45) is 0 Å². The van der Waals surface area contributed by atoms with Crippen LogP contribution in [0.4, 0.5) is 0 Å². The van der Waals surface area contributed by atoms with Crippen LogP contribution in [0.15, 0.2) is 11.4 Å². The van der Waals surface area contributed by atoms with E-state index in [1.165, 1.54) is 29.9 Å². The van der Waals surface area contributed by atoms with Crippen LogP contribution in [0.1, 0.15) is 22.5 Å². The Balaban J connectivity index is 1.87. The summed E-state index contributed by atoms with van der Waals surface area (Å²) in [5.41, 5.74) is 0. The zero-order valence-corrected chi connectivity index (χ0v) is 10.8. The van der Waals surface area contributed by atoms with Gasteiger partial charge in [0, 0.05) is 11.8 Å². The number of rotatable bonds is 4. The lowest BCUT2D eigenvalue weighted by atomic mass is 10.2. The maximum atomic E-state index is 11.9. The van der Waals surface area contributed by atoms with Crippen molar-refractivity contribution in [1.82, 2.24) is 5.32 Å². The predicted octanol–water partition coefficient (Wildman–Crippen LogP) is 2.38. The maximum absolute atomic E-state index is 11.9. The van der Waals surface area contributed by atoms with E-state index in [-0.39, 0.29) is 5.91 Å². The molecule has 88 valence electrons. The van der Waals surface area contributed by atoms with Crippen LogP contribution in [-0.4, -0.2) is 30.6 Å². The van der Waals surface area contributed by atoms with Crippen LogP contribution in [0.3, 0.4) is 0 Å². The first kappa shape index (κ1) is 11.8. The number of thiophene rings is 1. The van der Waals surface area contributed by atoms with Crippen LogP contribution < -0.4 is 10.1 Å². The molecule has 3 nitrogen and oxygen atoms in total. The quantitative estimate of drug-likeness (QED) is 0.900. The average Bonchev–Trinajstić information content (AvgIpc) is 2.96. The first-order valence-electron chi connectivity index (χ1n) is 5.32. The van der Waals surface area contributed by atoms with Crippen molar-refractivity contribution in [3.05, 3.63) is 16.3 Å². The number of carbonyl (C=O) groups is 1. The van der Waals surface area contributed by atoms with Crippen molar-refractivity contribution in [3.8, 4) is 5.75 Å². The van der Waals surface area contributed by atoms with E-state index in [9.17, 15) is 4.79 Å². The molecule has 2 rings (SSSR count). The van der Waals surface area contributed by atoms with Crippen LogP contribution in [-0.2, 0) is 0 Å². The van der Waals surface area contributed by atoms with Gasteiger partial charge in [0.05, 0.1) is 7.11 Å². The van der Waals surface area contributed by atoms with E-state index in [0.29, 0.717) is 15.9 Å². The number of thioether (sulfide) groups is 1. The molecule has 2 heterocycles. The summed E-state index contributed by atoms with van der Waals surface area (Å²) in [5.74, 6) is 1.88. The first-order chi connectivity index (χ1) is 7.81. The number of ether oxygens (including phenoxy) is 1. The van der Waals surface area contributed by atoms with Gasteiger partial charge in [-0.15, -0.1) is 11.3 Å². The van der Waals surface area contributed by atoms with E-state index >= 15 is 0 Å². The lowest BCUT2D eigenvalue weighted by Gasteiger charge is -2.09. The highest BCUT2D eigenvalue weighted by atomic mass is 32.2. The number of nitrogens with one attached hydrogen (secondary N) is 1. The zero-order valence-electron chi connectivity index (χ0n) is 9.19. The summed E-state index contributed by atoms with van der Waals surface area (Å²) < 4.78 is 5.12. The van der Waals surface area contributed by atoms with Crippen LogP contribution >= 0.6 is 23.1 Å². The molecule has 1 amide bonds. The van der Waals surface area contributed by atoms with Crippen LogP contribution in [0.5, 0.6) is 5.75 Å².